The largest absolute Gasteiger partial charge is 0.456 e. The summed E-state index contributed by atoms with van der Waals surface area (Å²) in [4.78, 5) is 31.3. The first kappa shape index (κ1) is 22.2. The summed E-state index contributed by atoms with van der Waals surface area (Å²) in [5.74, 6) is -0.306. The average molecular weight is 452 g/mol. The van der Waals surface area contributed by atoms with Crippen LogP contribution in [-0.2, 0) is 22.2 Å². The molecule has 0 unspecified atom stereocenters. The Labute approximate surface area is 185 Å². The molecule has 0 radical (unpaired) electrons. The summed E-state index contributed by atoms with van der Waals surface area (Å²) >= 11 is 0. The second kappa shape index (κ2) is 9.67. The van der Waals surface area contributed by atoms with Crippen LogP contribution in [0.25, 0.3) is 21.9 Å². The van der Waals surface area contributed by atoms with Crippen LogP contribution in [0, 0.1) is 0 Å². The molecule has 0 saturated carbocycles. The van der Waals surface area contributed by atoms with Gasteiger partial charge >= 0.3 is 7.60 Å². The van der Waals surface area contributed by atoms with Gasteiger partial charge in [0.05, 0.1) is 12.3 Å². The smallest absolute Gasteiger partial charge is 0.339 e. The van der Waals surface area contributed by atoms with Gasteiger partial charge in [0.15, 0.2) is 0 Å². The van der Waals surface area contributed by atoms with Crippen LogP contribution in [0.5, 0.6) is 0 Å². The molecule has 0 aliphatic rings. The van der Waals surface area contributed by atoms with Gasteiger partial charge in [-0.1, -0.05) is 60.7 Å². The Morgan fingerprint density at radius 1 is 0.906 bits per heavy atom. The van der Waals surface area contributed by atoms with E-state index in [2.05, 4.69) is 10.6 Å². The van der Waals surface area contributed by atoms with Gasteiger partial charge in [-0.25, -0.2) is 0 Å². The highest BCUT2D eigenvalue weighted by Gasteiger charge is 2.23. The predicted octanol–water partition coefficient (Wildman–Crippen LogP) is 3.58. The first-order valence-corrected chi connectivity index (χ1v) is 12.2. The Morgan fingerprint density at radius 3 is 2.41 bits per heavy atom. The van der Waals surface area contributed by atoms with Crippen molar-refractivity contribution in [1.82, 2.24) is 10.6 Å². The topological polar surface area (TPSA) is 112 Å². The molecule has 0 aliphatic heterocycles. The van der Waals surface area contributed by atoms with E-state index in [4.69, 9.17) is 4.42 Å². The Hall–Kier alpha value is -2.96. The summed E-state index contributed by atoms with van der Waals surface area (Å²) in [5, 5.41) is 7.59. The molecule has 1 amide bonds. The summed E-state index contributed by atoms with van der Waals surface area (Å²) in [6.07, 6.45) is 0.365. The molecule has 32 heavy (non-hydrogen) atoms. The number of carbonyl (C=O) groups is 1. The summed E-state index contributed by atoms with van der Waals surface area (Å²) < 4.78 is 17.3. The molecule has 1 heterocycles. The van der Waals surface area contributed by atoms with E-state index in [-0.39, 0.29) is 12.3 Å². The highest BCUT2D eigenvalue weighted by Crippen LogP contribution is 2.32. The fourth-order valence-electron chi connectivity index (χ4n) is 3.72. The van der Waals surface area contributed by atoms with Crippen molar-refractivity contribution < 1.29 is 23.6 Å². The van der Waals surface area contributed by atoms with E-state index >= 15 is 0 Å². The van der Waals surface area contributed by atoms with E-state index in [1.165, 1.54) is 0 Å². The lowest BCUT2D eigenvalue weighted by atomic mass is 10.0. The third-order valence-corrected chi connectivity index (χ3v) is 5.89. The molecular weight excluding hydrogens is 427 g/mol. The van der Waals surface area contributed by atoms with Crippen molar-refractivity contribution in [1.29, 1.82) is 0 Å². The number of carbonyl (C=O) groups excluding carboxylic acids is 1. The monoisotopic (exact) mass is 452 g/mol. The minimum absolute atomic E-state index is 0.268. The molecule has 0 fully saturated rings. The zero-order chi connectivity index (χ0) is 22.6. The second-order valence-corrected chi connectivity index (χ2v) is 9.38. The lowest BCUT2D eigenvalue weighted by Crippen LogP contribution is -2.46. The number of benzene rings is 3. The highest BCUT2D eigenvalue weighted by atomic mass is 31.2. The van der Waals surface area contributed by atoms with Crippen LogP contribution in [0.2, 0.25) is 0 Å². The molecule has 0 aliphatic carbocycles. The second-order valence-electron chi connectivity index (χ2n) is 7.74. The molecule has 0 saturated heterocycles. The van der Waals surface area contributed by atoms with E-state index in [1.807, 2.05) is 72.8 Å². The molecule has 3 aromatic carbocycles. The maximum Gasteiger partial charge on any atom is 0.339 e. The van der Waals surface area contributed by atoms with Gasteiger partial charge in [0, 0.05) is 17.3 Å². The van der Waals surface area contributed by atoms with E-state index in [1.54, 1.807) is 0 Å². The number of hydrogen-bond donors (Lipinski definition) is 4. The number of nitrogens with one attached hydrogen (secondary N) is 2. The average Bonchev–Trinajstić information content (AvgIpc) is 3.14. The third kappa shape index (κ3) is 5.64. The molecular formula is C24H25N2O5P. The van der Waals surface area contributed by atoms with E-state index in [9.17, 15) is 19.1 Å². The maximum atomic E-state index is 12.8. The highest BCUT2D eigenvalue weighted by molar-refractivity contribution is 7.51. The fraction of sp³-hybridized carbons (Fsp3) is 0.208. The summed E-state index contributed by atoms with van der Waals surface area (Å²) in [6, 6.07) is 22.5. The van der Waals surface area contributed by atoms with Gasteiger partial charge in [0.2, 0.25) is 5.91 Å². The van der Waals surface area contributed by atoms with Gasteiger partial charge < -0.3 is 19.5 Å². The molecule has 1 aromatic heterocycles. The van der Waals surface area contributed by atoms with Gasteiger partial charge in [-0.2, -0.15) is 0 Å². The SMILES string of the molecule is O=C(NCCc1ccccc1)[C@H](Cc1ccc2c(c1)oc1ccccc12)NCP(=O)(O)O. The molecule has 166 valence electrons. The molecule has 7 nitrogen and oxygen atoms in total. The van der Waals surface area contributed by atoms with E-state index in [0.717, 1.165) is 27.5 Å². The molecule has 0 spiro atoms. The Balaban J connectivity index is 1.48. The minimum atomic E-state index is -4.31. The predicted molar refractivity (Wildman–Crippen MR) is 124 cm³/mol. The first-order valence-electron chi connectivity index (χ1n) is 10.4. The van der Waals surface area contributed by atoms with Crippen LogP contribution >= 0.6 is 7.60 Å². The Bertz CT molecular complexity index is 1270. The van der Waals surface area contributed by atoms with Crippen molar-refractivity contribution in [2.75, 3.05) is 12.8 Å². The molecule has 4 N–H and O–H groups in total. The van der Waals surface area contributed by atoms with E-state index < -0.39 is 19.9 Å². The number of hydrogen-bond acceptors (Lipinski definition) is 4. The van der Waals surface area contributed by atoms with Gasteiger partial charge in [0.25, 0.3) is 0 Å². The van der Waals surface area contributed by atoms with Crippen molar-refractivity contribution in [2.24, 2.45) is 0 Å². The van der Waals surface area contributed by atoms with Gasteiger partial charge in [-0.3, -0.25) is 14.7 Å². The standard InChI is InChI=1S/C24H25N2O5P/c27-24(25-13-12-17-6-2-1-3-7-17)21(26-16-32(28,29)30)14-18-10-11-20-19-8-4-5-9-22(19)31-23(20)15-18/h1-11,15,21,26H,12-14,16H2,(H,25,27)(H2,28,29,30)/t21-/m0/s1. The molecule has 4 rings (SSSR count). The molecule has 1 atom stereocenters. The first-order chi connectivity index (χ1) is 15.4. The molecule has 4 aromatic rings. The summed E-state index contributed by atoms with van der Waals surface area (Å²) in [7, 11) is -4.31. The number of rotatable bonds is 9. The van der Waals surface area contributed by atoms with Gasteiger partial charge in [-0.05, 0) is 36.1 Å². The lowest BCUT2D eigenvalue weighted by molar-refractivity contribution is -0.123. The van der Waals surface area contributed by atoms with Crippen molar-refractivity contribution in [3.63, 3.8) is 0 Å². The van der Waals surface area contributed by atoms with Crippen LogP contribution in [0.4, 0.5) is 0 Å². The van der Waals surface area contributed by atoms with Crippen LogP contribution in [-0.4, -0.2) is 34.6 Å². The van der Waals surface area contributed by atoms with Crippen LogP contribution < -0.4 is 10.6 Å². The number of fused-ring (bicyclic) bond motifs is 3. The normalized spacial score (nSPS) is 12.8. The van der Waals surface area contributed by atoms with Crippen LogP contribution in [0.1, 0.15) is 11.1 Å². The summed E-state index contributed by atoms with van der Waals surface area (Å²) in [5.41, 5.74) is 3.43. The minimum Gasteiger partial charge on any atom is -0.456 e. The Morgan fingerprint density at radius 2 is 1.62 bits per heavy atom. The lowest BCUT2D eigenvalue weighted by Gasteiger charge is -2.19. The van der Waals surface area contributed by atoms with E-state index in [0.29, 0.717) is 18.5 Å². The number of amides is 1. The van der Waals surface area contributed by atoms with Gasteiger partial charge in [0.1, 0.15) is 11.2 Å². The zero-order valence-corrected chi connectivity index (χ0v) is 18.3. The van der Waals surface area contributed by atoms with Crippen molar-refractivity contribution >= 4 is 35.4 Å². The Kier molecular flexibility index (Phi) is 6.72. The van der Waals surface area contributed by atoms with Gasteiger partial charge in [-0.15, -0.1) is 0 Å². The van der Waals surface area contributed by atoms with Crippen molar-refractivity contribution in [3.8, 4) is 0 Å². The van der Waals surface area contributed by atoms with Crippen molar-refractivity contribution in [2.45, 2.75) is 18.9 Å². The quantitative estimate of drug-likeness (QED) is 0.289. The number of para-hydroxylation sites is 1. The maximum absolute atomic E-state index is 12.8. The third-order valence-electron chi connectivity index (χ3n) is 5.30. The molecule has 8 heteroatoms. The summed E-state index contributed by atoms with van der Waals surface area (Å²) in [6.45, 7) is 0.430. The zero-order valence-electron chi connectivity index (χ0n) is 17.4. The number of furan rings is 1. The van der Waals surface area contributed by atoms with Crippen LogP contribution in [0.3, 0.4) is 0 Å². The molecule has 0 bridgehead atoms. The van der Waals surface area contributed by atoms with Crippen molar-refractivity contribution in [3.05, 3.63) is 83.9 Å². The van der Waals surface area contributed by atoms with Crippen LogP contribution in [0.15, 0.2) is 77.2 Å². The fourth-order valence-corrected chi connectivity index (χ4v) is 4.18.